The van der Waals surface area contributed by atoms with Crippen LogP contribution < -0.4 is 5.56 Å². The molecule has 0 amide bonds. The second kappa shape index (κ2) is 9.27. The molecule has 0 unspecified atom stereocenters. The van der Waals surface area contributed by atoms with Crippen LogP contribution in [0, 0.1) is 6.92 Å². The monoisotopic (exact) mass is 437 g/mol. The minimum absolute atomic E-state index is 0.0377. The highest BCUT2D eigenvalue weighted by Crippen LogP contribution is 2.34. The van der Waals surface area contributed by atoms with Gasteiger partial charge in [-0.15, -0.1) is 0 Å². The van der Waals surface area contributed by atoms with Gasteiger partial charge in [0.15, 0.2) is 0 Å². The molecule has 6 heteroatoms. The number of likely N-dealkylation sites (N-methyl/N-ethyl adjacent to an activating group) is 1. The number of piperazine rings is 1. The summed E-state index contributed by atoms with van der Waals surface area (Å²) in [6.45, 7) is 5.74. The molecule has 5 nitrogen and oxygen atoms in total. The van der Waals surface area contributed by atoms with Crippen LogP contribution in [-0.2, 0) is 6.54 Å². The number of hydrogen-bond acceptors (Lipinski definition) is 4. The van der Waals surface area contributed by atoms with E-state index >= 15 is 0 Å². The fraction of sp³-hybridized carbons (Fsp3) is 0.320. The third-order valence-electron chi connectivity index (χ3n) is 6.05. The fourth-order valence-electron chi connectivity index (χ4n) is 4.31. The van der Waals surface area contributed by atoms with Gasteiger partial charge in [0.1, 0.15) is 5.75 Å². The topological polar surface area (TPSA) is 48.7 Å². The lowest BCUT2D eigenvalue weighted by molar-refractivity contribution is 0.125. The number of hydrogen-bond donors (Lipinski definition) is 1. The van der Waals surface area contributed by atoms with Gasteiger partial charge in [0.05, 0.1) is 18.2 Å². The largest absolute Gasteiger partial charge is 0.507 e. The first kappa shape index (κ1) is 21.6. The van der Waals surface area contributed by atoms with E-state index in [0.717, 1.165) is 43.0 Å². The minimum atomic E-state index is -0.359. The molecule has 0 bridgehead atoms. The summed E-state index contributed by atoms with van der Waals surface area (Å²) in [6.07, 6.45) is 0. The Labute approximate surface area is 188 Å². The molecule has 1 aliphatic heterocycles. The van der Waals surface area contributed by atoms with Gasteiger partial charge >= 0.3 is 0 Å². The zero-order valence-corrected chi connectivity index (χ0v) is 18.7. The van der Waals surface area contributed by atoms with Crippen LogP contribution in [0.3, 0.4) is 0 Å². The van der Waals surface area contributed by atoms with E-state index < -0.39 is 0 Å². The number of rotatable bonds is 5. The van der Waals surface area contributed by atoms with Crippen molar-refractivity contribution < 1.29 is 5.11 Å². The highest BCUT2D eigenvalue weighted by molar-refractivity contribution is 6.30. The molecule has 1 aliphatic rings. The number of nitrogens with zero attached hydrogens (tertiary/aromatic N) is 3. The predicted molar refractivity (Wildman–Crippen MR) is 125 cm³/mol. The van der Waals surface area contributed by atoms with Crippen molar-refractivity contribution >= 4 is 11.6 Å². The third kappa shape index (κ3) is 4.69. The molecule has 3 aromatic rings. The number of aromatic nitrogens is 1. The molecule has 2 aromatic carbocycles. The molecule has 1 fully saturated rings. The molecule has 2 heterocycles. The second-order valence-corrected chi connectivity index (χ2v) is 8.69. The van der Waals surface area contributed by atoms with E-state index in [9.17, 15) is 9.90 Å². The van der Waals surface area contributed by atoms with E-state index in [1.54, 1.807) is 10.6 Å². The van der Waals surface area contributed by atoms with Crippen LogP contribution in [0.2, 0.25) is 5.02 Å². The Balaban J connectivity index is 1.84. The van der Waals surface area contributed by atoms with Crippen molar-refractivity contribution in [1.29, 1.82) is 0 Å². The zero-order valence-electron chi connectivity index (χ0n) is 18.0. The van der Waals surface area contributed by atoms with Gasteiger partial charge in [0, 0.05) is 36.9 Å². The van der Waals surface area contributed by atoms with Crippen molar-refractivity contribution in [1.82, 2.24) is 14.4 Å². The average Bonchev–Trinajstić information content (AvgIpc) is 2.76. The predicted octanol–water partition coefficient (Wildman–Crippen LogP) is 3.90. The number of aryl methyl sites for hydroxylation is 1. The lowest BCUT2D eigenvalue weighted by atomic mass is 9.96. The molecule has 31 heavy (non-hydrogen) atoms. The molecule has 1 atom stereocenters. The molecule has 0 saturated carbocycles. The van der Waals surface area contributed by atoms with E-state index in [0.29, 0.717) is 17.1 Å². The first-order chi connectivity index (χ1) is 14.9. The van der Waals surface area contributed by atoms with Crippen LogP contribution in [-0.4, -0.2) is 52.7 Å². The maximum absolute atomic E-state index is 13.8. The van der Waals surface area contributed by atoms with E-state index in [1.807, 2.05) is 61.5 Å². The Bertz CT molecular complexity index is 1110. The maximum atomic E-state index is 13.8. The van der Waals surface area contributed by atoms with Crippen molar-refractivity contribution in [2.45, 2.75) is 19.5 Å². The van der Waals surface area contributed by atoms with Gasteiger partial charge in [0.25, 0.3) is 5.56 Å². The lowest BCUT2D eigenvalue weighted by Gasteiger charge is -2.38. The van der Waals surface area contributed by atoms with Gasteiger partial charge < -0.3 is 14.6 Å². The van der Waals surface area contributed by atoms with E-state index in [1.165, 1.54) is 0 Å². The van der Waals surface area contributed by atoms with Crippen LogP contribution in [0.4, 0.5) is 0 Å². The van der Waals surface area contributed by atoms with Gasteiger partial charge in [-0.1, -0.05) is 54.1 Å². The van der Waals surface area contributed by atoms with Gasteiger partial charge in [-0.25, -0.2) is 0 Å². The molecule has 0 spiro atoms. The molecular weight excluding hydrogens is 410 g/mol. The number of halogens is 1. The van der Waals surface area contributed by atoms with E-state index in [2.05, 4.69) is 16.8 Å². The highest BCUT2D eigenvalue weighted by Gasteiger charge is 2.31. The Kier molecular flexibility index (Phi) is 6.46. The van der Waals surface area contributed by atoms with Crippen molar-refractivity contribution in [3.63, 3.8) is 0 Å². The Morgan fingerprint density at radius 3 is 2.39 bits per heavy atom. The van der Waals surface area contributed by atoms with Gasteiger partial charge in [-0.2, -0.15) is 0 Å². The van der Waals surface area contributed by atoms with Crippen molar-refractivity contribution in [3.05, 3.63) is 98.4 Å². The first-order valence-corrected chi connectivity index (χ1v) is 11.0. The zero-order chi connectivity index (χ0) is 22.0. The summed E-state index contributed by atoms with van der Waals surface area (Å²) in [5.74, 6) is 0.0377. The lowest BCUT2D eigenvalue weighted by Crippen LogP contribution is -2.47. The smallest absolute Gasteiger partial charge is 0.259 e. The Hall–Kier alpha value is -2.60. The maximum Gasteiger partial charge on any atom is 0.259 e. The third-order valence-corrected chi connectivity index (χ3v) is 6.28. The molecule has 162 valence electrons. The van der Waals surface area contributed by atoms with Gasteiger partial charge in [0.2, 0.25) is 0 Å². The molecule has 0 radical (unpaired) electrons. The highest BCUT2D eigenvalue weighted by atomic mass is 35.5. The van der Waals surface area contributed by atoms with E-state index in [-0.39, 0.29) is 17.4 Å². The second-order valence-electron chi connectivity index (χ2n) is 8.26. The Morgan fingerprint density at radius 1 is 1.00 bits per heavy atom. The van der Waals surface area contributed by atoms with Crippen LogP contribution in [0.25, 0.3) is 0 Å². The average molecular weight is 438 g/mol. The number of benzene rings is 2. The van der Waals surface area contributed by atoms with Gasteiger partial charge in [-0.3, -0.25) is 9.69 Å². The first-order valence-electron chi connectivity index (χ1n) is 10.6. The number of aromatic hydroxyl groups is 1. The SMILES string of the molecule is Cc1cc(O)c([C@H](c2cccc(Cl)c2)N2CCN(C)CC2)c(=O)n1Cc1ccccc1. The van der Waals surface area contributed by atoms with E-state index in [4.69, 9.17) is 11.6 Å². The molecular formula is C25H28ClN3O2. The van der Waals surface area contributed by atoms with Crippen molar-refractivity contribution in [2.24, 2.45) is 0 Å². The molecule has 1 N–H and O–H groups in total. The molecule has 1 aromatic heterocycles. The normalized spacial score (nSPS) is 16.4. The van der Waals surface area contributed by atoms with Crippen LogP contribution >= 0.6 is 11.6 Å². The van der Waals surface area contributed by atoms with Crippen LogP contribution in [0.15, 0.2) is 65.5 Å². The molecule has 1 saturated heterocycles. The number of pyridine rings is 1. The summed E-state index contributed by atoms with van der Waals surface area (Å²) in [7, 11) is 2.10. The van der Waals surface area contributed by atoms with Crippen molar-refractivity contribution in [2.75, 3.05) is 33.2 Å². The summed E-state index contributed by atoms with van der Waals surface area (Å²) in [5.41, 5.74) is 2.94. The van der Waals surface area contributed by atoms with Crippen LogP contribution in [0.5, 0.6) is 5.75 Å². The quantitative estimate of drug-likeness (QED) is 0.657. The Morgan fingerprint density at radius 2 is 1.71 bits per heavy atom. The summed E-state index contributed by atoms with van der Waals surface area (Å²) < 4.78 is 1.75. The molecule has 4 rings (SSSR count). The van der Waals surface area contributed by atoms with Crippen molar-refractivity contribution in [3.8, 4) is 5.75 Å². The summed E-state index contributed by atoms with van der Waals surface area (Å²) >= 11 is 6.31. The standard InChI is InChI=1S/C25H28ClN3O2/c1-18-15-22(30)23(25(31)29(18)17-19-7-4-3-5-8-19)24(20-9-6-10-21(26)16-20)28-13-11-27(2)12-14-28/h3-10,15-16,24,30H,11-14,17H2,1-2H3/t24-/m0/s1. The minimum Gasteiger partial charge on any atom is -0.507 e. The molecule has 0 aliphatic carbocycles. The summed E-state index contributed by atoms with van der Waals surface area (Å²) in [6, 6.07) is 18.9. The van der Waals surface area contributed by atoms with Crippen LogP contribution in [0.1, 0.15) is 28.4 Å². The van der Waals surface area contributed by atoms with Gasteiger partial charge in [-0.05, 0) is 43.3 Å². The summed E-state index contributed by atoms with van der Waals surface area (Å²) in [5, 5.41) is 11.6. The fourth-order valence-corrected chi connectivity index (χ4v) is 4.50. The summed E-state index contributed by atoms with van der Waals surface area (Å²) in [4.78, 5) is 18.3.